The molecule has 0 unspecified atom stereocenters. The number of rotatable bonds is 17. The van der Waals surface area contributed by atoms with Gasteiger partial charge in [-0.25, -0.2) is 0 Å². The predicted molar refractivity (Wildman–Crippen MR) is 108 cm³/mol. The SMILES string of the molecule is CCCCC/C=C\C/C=C\C/C=C\C/C=C\CCCC(=O)CNCO. The lowest BCUT2D eigenvalue weighted by molar-refractivity contribution is -0.118. The topological polar surface area (TPSA) is 49.3 Å². The summed E-state index contributed by atoms with van der Waals surface area (Å²) in [7, 11) is 0. The molecule has 0 saturated heterocycles. The summed E-state index contributed by atoms with van der Waals surface area (Å²) >= 11 is 0. The lowest BCUT2D eigenvalue weighted by Crippen LogP contribution is -2.23. The summed E-state index contributed by atoms with van der Waals surface area (Å²) < 4.78 is 0. The number of carbonyl (C=O) groups excluding carboxylic acids is 1. The Morgan fingerprint density at radius 1 is 0.800 bits per heavy atom. The third-order valence-corrected chi connectivity index (χ3v) is 3.72. The van der Waals surface area contributed by atoms with Crippen LogP contribution < -0.4 is 5.32 Å². The average Bonchev–Trinajstić information content (AvgIpc) is 2.62. The van der Waals surface area contributed by atoms with Gasteiger partial charge in [0, 0.05) is 6.42 Å². The highest BCUT2D eigenvalue weighted by Crippen LogP contribution is 2.01. The number of carbonyl (C=O) groups is 1. The number of allylic oxidation sites excluding steroid dienone is 8. The first-order chi connectivity index (χ1) is 12.3. The van der Waals surface area contributed by atoms with Gasteiger partial charge in [-0.1, -0.05) is 68.4 Å². The molecule has 0 aliphatic heterocycles. The van der Waals surface area contributed by atoms with Gasteiger partial charge >= 0.3 is 0 Å². The van der Waals surface area contributed by atoms with Gasteiger partial charge < -0.3 is 5.11 Å². The maximum Gasteiger partial charge on any atom is 0.146 e. The molecule has 3 nitrogen and oxygen atoms in total. The Labute approximate surface area is 154 Å². The van der Waals surface area contributed by atoms with E-state index < -0.39 is 0 Å². The molecule has 0 aliphatic rings. The number of aliphatic hydroxyl groups excluding tert-OH is 1. The van der Waals surface area contributed by atoms with Crippen LogP contribution in [0.2, 0.25) is 0 Å². The average molecular weight is 348 g/mol. The maximum atomic E-state index is 11.3. The molecule has 0 atom stereocenters. The summed E-state index contributed by atoms with van der Waals surface area (Å²) in [6.07, 6.45) is 28.1. The third kappa shape index (κ3) is 20.5. The van der Waals surface area contributed by atoms with Gasteiger partial charge in [0.1, 0.15) is 5.78 Å². The molecule has 0 aromatic carbocycles. The van der Waals surface area contributed by atoms with E-state index in [1.165, 1.54) is 25.7 Å². The minimum Gasteiger partial charge on any atom is -0.381 e. The number of hydrogen-bond acceptors (Lipinski definition) is 3. The van der Waals surface area contributed by atoms with E-state index >= 15 is 0 Å². The van der Waals surface area contributed by atoms with Gasteiger partial charge in [0.2, 0.25) is 0 Å². The molecule has 0 heterocycles. The van der Waals surface area contributed by atoms with Gasteiger partial charge in [0.05, 0.1) is 13.3 Å². The van der Waals surface area contributed by atoms with Crippen molar-refractivity contribution >= 4 is 5.78 Å². The number of ketones is 1. The highest BCUT2D eigenvalue weighted by molar-refractivity contribution is 5.80. The van der Waals surface area contributed by atoms with Crippen molar-refractivity contribution in [1.82, 2.24) is 5.32 Å². The minimum atomic E-state index is -0.136. The Morgan fingerprint density at radius 3 is 1.84 bits per heavy atom. The Hall–Kier alpha value is -1.45. The van der Waals surface area contributed by atoms with Crippen LogP contribution in [-0.2, 0) is 4.79 Å². The molecule has 0 rings (SSSR count). The molecular weight excluding hydrogens is 310 g/mol. The van der Waals surface area contributed by atoms with E-state index in [4.69, 9.17) is 5.11 Å². The molecule has 142 valence electrons. The number of aliphatic hydroxyl groups is 1. The highest BCUT2D eigenvalue weighted by Gasteiger charge is 1.98. The van der Waals surface area contributed by atoms with Gasteiger partial charge in [-0.05, 0) is 44.9 Å². The second-order valence-corrected chi connectivity index (χ2v) is 6.10. The first-order valence-electron chi connectivity index (χ1n) is 9.74. The first-order valence-corrected chi connectivity index (χ1v) is 9.74. The lowest BCUT2D eigenvalue weighted by Gasteiger charge is -1.99. The normalized spacial score (nSPS) is 12.4. The lowest BCUT2D eigenvalue weighted by atomic mass is 10.1. The Bertz CT molecular complexity index is 408. The van der Waals surface area contributed by atoms with Gasteiger partial charge in [-0.3, -0.25) is 10.1 Å². The molecule has 0 aliphatic carbocycles. The molecule has 25 heavy (non-hydrogen) atoms. The molecule has 0 aromatic rings. The Balaban J connectivity index is 3.44. The number of hydrogen-bond donors (Lipinski definition) is 2. The zero-order valence-corrected chi connectivity index (χ0v) is 16.0. The van der Waals surface area contributed by atoms with Crippen molar-refractivity contribution in [3.8, 4) is 0 Å². The molecular formula is C22H37NO2. The molecule has 0 spiro atoms. The molecule has 0 amide bonds. The monoisotopic (exact) mass is 347 g/mol. The molecule has 0 bridgehead atoms. The van der Waals surface area contributed by atoms with Crippen LogP contribution in [0.25, 0.3) is 0 Å². The van der Waals surface area contributed by atoms with Gasteiger partial charge in [0.25, 0.3) is 0 Å². The van der Waals surface area contributed by atoms with E-state index in [0.717, 1.165) is 32.1 Å². The smallest absolute Gasteiger partial charge is 0.146 e. The molecule has 0 saturated carbocycles. The van der Waals surface area contributed by atoms with Crippen LogP contribution in [0.1, 0.15) is 71.1 Å². The van der Waals surface area contributed by atoms with E-state index in [1.54, 1.807) is 0 Å². The van der Waals surface area contributed by atoms with Gasteiger partial charge in [0.15, 0.2) is 0 Å². The number of Topliss-reactive ketones (excluding diaryl/α,β-unsaturated/α-hetero) is 1. The van der Waals surface area contributed by atoms with Gasteiger partial charge in [-0.15, -0.1) is 0 Å². The Kier molecular flexibility index (Phi) is 19.4. The van der Waals surface area contributed by atoms with Crippen molar-refractivity contribution in [2.45, 2.75) is 71.1 Å². The second kappa shape index (κ2) is 20.6. The molecule has 3 heteroatoms. The van der Waals surface area contributed by atoms with Crippen LogP contribution in [0, 0.1) is 0 Å². The maximum absolute atomic E-state index is 11.3. The largest absolute Gasteiger partial charge is 0.381 e. The van der Waals surface area contributed by atoms with Crippen LogP contribution in [0.4, 0.5) is 0 Å². The van der Waals surface area contributed by atoms with E-state index in [1.807, 2.05) is 0 Å². The fourth-order valence-electron chi connectivity index (χ4n) is 2.26. The quantitative estimate of drug-likeness (QED) is 0.215. The van der Waals surface area contributed by atoms with E-state index in [-0.39, 0.29) is 19.1 Å². The summed E-state index contributed by atoms with van der Waals surface area (Å²) in [5.41, 5.74) is 0. The van der Waals surface area contributed by atoms with Crippen molar-refractivity contribution in [3.63, 3.8) is 0 Å². The summed E-state index contributed by atoms with van der Waals surface area (Å²) in [6, 6.07) is 0. The van der Waals surface area contributed by atoms with Crippen LogP contribution in [0.3, 0.4) is 0 Å². The predicted octanol–water partition coefficient (Wildman–Crippen LogP) is 5.24. The van der Waals surface area contributed by atoms with Crippen molar-refractivity contribution in [1.29, 1.82) is 0 Å². The van der Waals surface area contributed by atoms with Crippen LogP contribution >= 0.6 is 0 Å². The summed E-state index contributed by atoms with van der Waals surface area (Å²) in [5.74, 6) is 0.157. The summed E-state index contributed by atoms with van der Waals surface area (Å²) in [5, 5.41) is 11.2. The minimum absolute atomic E-state index is 0.136. The molecule has 0 aromatic heterocycles. The van der Waals surface area contributed by atoms with Gasteiger partial charge in [-0.2, -0.15) is 0 Å². The van der Waals surface area contributed by atoms with Crippen molar-refractivity contribution in [3.05, 3.63) is 48.6 Å². The van der Waals surface area contributed by atoms with E-state index in [9.17, 15) is 4.79 Å². The van der Waals surface area contributed by atoms with E-state index in [2.05, 4.69) is 60.8 Å². The number of unbranched alkanes of at least 4 members (excludes halogenated alkanes) is 4. The van der Waals surface area contributed by atoms with Crippen LogP contribution in [-0.4, -0.2) is 24.2 Å². The van der Waals surface area contributed by atoms with Crippen molar-refractivity contribution in [2.75, 3.05) is 13.3 Å². The standard InChI is InChI=1S/C22H37NO2/c1-2-3-4-5-6-7-8-9-10-11-12-13-14-15-16-17-18-19-22(25)20-23-21-24/h6-7,9-10,12-13,15-16,23-24H,2-5,8,11,14,17-21H2,1H3/b7-6-,10-9-,13-12-,16-15-. The zero-order chi connectivity index (χ0) is 18.4. The number of nitrogens with one attached hydrogen (secondary N) is 1. The second-order valence-electron chi connectivity index (χ2n) is 6.10. The van der Waals surface area contributed by atoms with Crippen molar-refractivity contribution < 1.29 is 9.90 Å². The van der Waals surface area contributed by atoms with Crippen LogP contribution in [0.15, 0.2) is 48.6 Å². The molecule has 2 N–H and O–H groups in total. The first kappa shape index (κ1) is 23.5. The summed E-state index contributed by atoms with van der Waals surface area (Å²) in [6.45, 7) is 2.37. The van der Waals surface area contributed by atoms with Crippen LogP contribution in [0.5, 0.6) is 0 Å². The molecule has 0 radical (unpaired) electrons. The summed E-state index contributed by atoms with van der Waals surface area (Å²) in [4.78, 5) is 11.3. The fourth-order valence-corrected chi connectivity index (χ4v) is 2.26. The third-order valence-electron chi connectivity index (χ3n) is 3.72. The fraction of sp³-hybridized carbons (Fsp3) is 0.591. The van der Waals surface area contributed by atoms with E-state index in [0.29, 0.717) is 6.42 Å². The zero-order valence-electron chi connectivity index (χ0n) is 16.0. The Morgan fingerprint density at radius 2 is 1.32 bits per heavy atom. The molecule has 0 fully saturated rings. The van der Waals surface area contributed by atoms with Crippen molar-refractivity contribution in [2.24, 2.45) is 0 Å². The highest BCUT2D eigenvalue weighted by atomic mass is 16.3.